The van der Waals surface area contributed by atoms with Gasteiger partial charge >= 0.3 is 5.97 Å². The third-order valence-electron chi connectivity index (χ3n) is 4.20. The minimum Gasteiger partial charge on any atom is -0.465 e. The second kappa shape index (κ2) is 7.27. The number of rotatable bonds is 5. The highest BCUT2D eigenvalue weighted by Gasteiger charge is 2.21. The van der Waals surface area contributed by atoms with Crippen molar-refractivity contribution in [1.29, 1.82) is 0 Å². The standard InChI is InChI=1S/C18H13N3O7/c1-28-18(23)14-9-13-15(3-2-4-16(13)21(26)27)19(17(14)22)10-11-5-7-12(8-6-11)20(24)25/h2-9H,10H2,1H3. The number of non-ortho nitro benzene ring substituents is 2. The number of carbonyl (C=O) groups excluding carboxylic acids is 1. The maximum Gasteiger partial charge on any atom is 0.343 e. The van der Waals surface area contributed by atoms with E-state index in [1.807, 2.05) is 0 Å². The van der Waals surface area contributed by atoms with Gasteiger partial charge in [0.2, 0.25) is 0 Å². The maximum absolute atomic E-state index is 12.8. The number of carbonyl (C=O) groups is 1. The van der Waals surface area contributed by atoms with Crippen LogP contribution < -0.4 is 5.56 Å². The number of aromatic nitrogens is 1. The van der Waals surface area contributed by atoms with Crippen LogP contribution in [0.5, 0.6) is 0 Å². The molecule has 0 radical (unpaired) electrons. The van der Waals surface area contributed by atoms with Gasteiger partial charge < -0.3 is 9.30 Å². The molecule has 10 heteroatoms. The van der Waals surface area contributed by atoms with E-state index < -0.39 is 21.4 Å². The van der Waals surface area contributed by atoms with Crippen molar-refractivity contribution in [3.8, 4) is 0 Å². The van der Waals surface area contributed by atoms with Gasteiger partial charge in [-0.1, -0.05) is 18.2 Å². The highest BCUT2D eigenvalue weighted by atomic mass is 16.6. The minimum absolute atomic E-state index is 0.0423. The van der Waals surface area contributed by atoms with E-state index in [9.17, 15) is 29.8 Å². The molecule has 0 spiro atoms. The van der Waals surface area contributed by atoms with Crippen LogP contribution >= 0.6 is 0 Å². The maximum atomic E-state index is 12.8. The third-order valence-corrected chi connectivity index (χ3v) is 4.20. The number of esters is 1. The van der Waals surface area contributed by atoms with Gasteiger partial charge in [-0.25, -0.2) is 4.79 Å². The van der Waals surface area contributed by atoms with Crippen molar-refractivity contribution < 1.29 is 19.4 Å². The molecule has 0 saturated carbocycles. The Kier molecular flexibility index (Phi) is 4.86. The molecule has 0 bridgehead atoms. The molecule has 3 aromatic rings. The van der Waals surface area contributed by atoms with Gasteiger partial charge in [0, 0.05) is 18.2 Å². The van der Waals surface area contributed by atoms with E-state index in [4.69, 9.17) is 0 Å². The zero-order valence-corrected chi connectivity index (χ0v) is 14.5. The van der Waals surface area contributed by atoms with Crippen LogP contribution in [0, 0.1) is 20.2 Å². The monoisotopic (exact) mass is 383 g/mol. The number of nitro benzene ring substituents is 2. The van der Waals surface area contributed by atoms with Crippen LogP contribution in [0.2, 0.25) is 0 Å². The van der Waals surface area contributed by atoms with Crippen molar-refractivity contribution in [3.05, 3.63) is 90.2 Å². The first-order chi connectivity index (χ1) is 13.3. The van der Waals surface area contributed by atoms with Gasteiger partial charge in [-0.3, -0.25) is 25.0 Å². The first kappa shape index (κ1) is 18.7. The fourth-order valence-electron chi connectivity index (χ4n) is 2.86. The summed E-state index contributed by atoms with van der Waals surface area (Å²) in [5, 5.41) is 22.3. The summed E-state index contributed by atoms with van der Waals surface area (Å²) in [7, 11) is 1.10. The van der Waals surface area contributed by atoms with Crippen LogP contribution in [0.4, 0.5) is 11.4 Å². The molecule has 0 aliphatic rings. The second-order valence-corrected chi connectivity index (χ2v) is 5.83. The van der Waals surface area contributed by atoms with Crippen molar-refractivity contribution in [2.75, 3.05) is 7.11 Å². The molecule has 0 fully saturated rings. The van der Waals surface area contributed by atoms with Gasteiger partial charge in [0.15, 0.2) is 0 Å². The number of nitro groups is 2. The van der Waals surface area contributed by atoms with Crippen LogP contribution in [0.1, 0.15) is 15.9 Å². The Morgan fingerprint density at radius 2 is 1.75 bits per heavy atom. The van der Waals surface area contributed by atoms with E-state index in [0.717, 1.165) is 13.2 Å². The largest absolute Gasteiger partial charge is 0.465 e. The quantitative estimate of drug-likeness (QED) is 0.375. The van der Waals surface area contributed by atoms with E-state index in [1.165, 1.54) is 47.0 Å². The predicted octanol–water partition coefficient (Wildman–Crippen LogP) is 2.65. The molecule has 0 atom stereocenters. The van der Waals surface area contributed by atoms with Crippen LogP contribution in [0.25, 0.3) is 10.9 Å². The van der Waals surface area contributed by atoms with Crippen LogP contribution in [0.3, 0.4) is 0 Å². The number of hydrogen-bond acceptors (Lipinski definition) is 7. The van der Waals surface area contributed by atoms with Crippen molar-refractivity contribution in [2.45, 2.75) is 6.54 Å². The molecule has 28 heavy (non-hydrogen) atoms. The Labute approximate surface area is 156 Å². The number of methoxy groups -OCH3 is 1. The van der Waals surface area contributed by atoms with Gasteiger partial charge in [0.25, 0.3) is 16.9 Å². The van der Waals surface area contributed by atoms with E-state index in [0.29, 0.717) is 5.56 Å². The molecule has 1 heterocycles. The van der Waals surface area contributed by atoms with Crippen molar-refractivity contribution in [2.24, 2.45) is 0 Å². The average molecular weight is 383 g/mol. The van der Waals surface area contributed by atoms with E-state index in [1.54, 1.807) is 0 Å². The lowest BCUT2D eigenvalue weighted by molar-refractivity contribution is -0.384. The summed E-state index contributed by atoms with van der Waals surface area (Å²) in [5.74, 6) is -0.914. The molecule has 2 aromatic carbocycles. The van der Waals surface area contributed by atoms with Crippen molar-refractivity contribution in [1.82, 2.24) is 4.57 Å². The molecule has 1 aromatic heterocycles. The number of benzene rings is 2. The number of fused-ring (bicyclic) bond motifs is 1. The Hall–Kier alpha value is -4.08. The zero-order chi connectivity index (χ0) is 20.4. The van der Waals surface area contributed by atoms with Gasteiger partial charge in [-0.05, 0) is 17.7 Å². The lowest BCUT2D eigenvalue weighted by Crippen LogP contribution is -2.28. The summed E-state index contributed by atoms with van der Waals surface area (Å²) < 4.78 is 5.82. The fourth-order valence-corrected chi connectivity index (χ4v) is 2.86. The highest BCUT2D eigenvalue weighted by Crippen LogP contribution is 2.26. The van der Waals surface area contributed by atoms with Crippen LogP contribution in [-0.2, 0) is 11.3 Å². The SMILES string of the molecule is COC(=O)c1cc2c([N+](=O)[O-])cccc2n(Cc2ccc([N+](=O)[O-])cc2)c1=O. The Balaban J connectivity index is 2.24. The summed E-state index contributed by atoms with van der Waals surface area (Å²) in [6, 6.07) is 10.9. The third kappa shape index (κ3) is 3.30. The van der Waals surface area contributed by atoms with E-state index >= 15 is 0 Å². The van der Waals surface area contributed by atoms with Gasteiger partial charge in [0.05, 0.1) is 34.4 Å². The summed E-state index contributed by atoms with van der Waals surface area (Å²) in [6.07, 6.45) is 0. The lowest BCUT2D eigenvalue weighted by Gasteiger charge is -2.12. The molecular formula is C18H13N3O7. The minimum atomic E-state index is -0.914. The van der Waals surface area contributed by atoms with Crippen LogP contribution in [0.15, 0.2) is 53.3 Å². The number of pyridine rings is 1. The van der Waals surface area contributed by atoms with Crippen molar-refractivity contribution in [3.63, 3.8) is 0 Å². The molecule has 142 valence electrons. The number of nitrogens with zero attached hydrogens (tertiary/aromatic N) is 3. The fraction of sp³-hybridized carbons (Fsp3) is 0.111. The Morgan fingerprint density at radius 1 is 1.07 bits per heavy atom. The summed E-state index contributed by atoms with van der Waals surface area (Å²) in [6.45, 7) is -0.0423. The first-order valence-corrected chi connectivity index (χ1v) is 7.96. The van der Waals surface area contributed by atoms with E-state index in [-0.39, 0.29) is 34.4 Å². The molecular weight excluding hydrogens is 370 g/mol. The predicted molar refractivity (Wildman–Crippen MR) is 98.4 cm³/mol. The van der Waals surface area contributed by atoms with Crippen molar-refractivity contribution >= 4 is 28.2 Å². The molecule has 0 N–H and O–H groups in total. The molecule has 0 unspecified atom stereocenters. The number of ether oxygens (including phenoxy) is 1. The first-order valence-electron chi connectivity index (χ1n) is 7.96. The molecule has 0 aliphatic heterocycles. The Bertz CT molecular complexity index is 1170. The topological polar surface area (TPSA) is 135 Å². The molecule has 0 saturated heterocycles. The highest BCUT2D eigenvalue weighted by molar-refractivity contribution is 5.96. The van der Waals surface area contributed by atoms with Crippen LogP contribution in [-0.4, -0.2) is 27.5 Å². The summed E-state index contributed by atoms with van der Waals surface area (Å²) >= 11 is 0. The smallest absolute Gasteiger partial charge is 0.343 e. The second-order valence-electron chi connectivity index (χ2n) is 5.83. The molecule has 0 amide bonds. The van der Waals surface area contributed by atoms with Gasteiger partial charge in [0.1, 0.15) is 5.56 Å². The number of hydrogen-bond donors (Lipinski definition) is 0. The Morgan fingerprint density at radius 3 is 2.32 bits per heavy atom. The molecule has 3 rings (SSSR count). The lowest BCUT2D eigenvalue weighted by atomic mass is 10.1. The van der Waals surface area contributed by atoms with Gasteiger partial charge in [-0.2, -0.15) is 0 Å². The molecule has 10 nitrogen and oxygen atoms in total. The average Bonchev–Trinajstić information content (AvgIpc) is 2.69. The van der Waals surface area contributed by atoms with Gasteiger partial charge in [-0.15, -0.1) is 0 Å². The van der Waals surface area contributed by atoms with E-state index in [2.05, 4.69) is 4.74 Å². The molecule has 0 aliphatic carbocycles. The summed E-state index contributed by atoms with van der Waals surface area (Å²) in [5.41, 5.74) is -0.600. The summed E-state index contributed by atoms with van der Waals surface area (Å²) in [4.78, 5) is 45.8. The zero-order valence-electron chi connectivity index (χ0n) is 14.5. The normalized spacial score (nSPS) is 10.6.